The topological polar surface area (TPSA) is 237 Å². The third-order valence-corrected chi connectivity index (χ3v) is 21.8. The minimum Gasteiger partial charge on any atom is -0.462 e. The van der Waals surface area contributed by atoms with Gasteiger partial charge in [0.15, 0.2) is 12.2 Å². The molecule has 0 heterocycles. The van der Waals surface area contributed by atoms with Crippen LogP contribution in [0.1, 0.15) is 434 Å². The standard InChI is InChI=1S/C84H164O17P2/c1-9-77(8)63-55-47-38-32-25-21-17-12-10-11-13-18-22-26-34-40-50-59-67-84(89)101-80(71-95-82(87)65-57-49-43-42-46-54-62-76(6)7)73-99-103(92,93)97-69-78(85)68-96-102(90,91)98-72-79(70-94-81(86)64-56-48-39-33-29-28-31-37-45-53-61-75(4)5)100-83(88)66-58-51-41-35-27-23-19-15-14-16-20-24-30-36-44-52-60-74(2)3/h74-80,85H,9-73H2,1-8H3,(H,90,91)(H,92,93)/t77?,78-,79-,80-/m1/s1. The predicted octanol–water partition coefficient (Wildman–Crippen LogP) is 25.2. The molecule has 0 spiro atoms. The predicted molar refractivity (Wildman–Crippen MR) is 423 cm³/mol. The molecule has 3 N–H and O–H groups in total. The molecule has 6 atom stereocenters. The van der Waals surface area contributed by atoms with E-state index in [-0.39, 0.29) is 25.7 Å². The van der Waals surface area contributed by atoms with E-state index in [1.54, 1.807) is 0 Å². The van der Waals surface area contributed by atoms with Gasteiger partial charge in [0.1, 0.15) is 19.3 Å². The summed E-state index contributed by atoms with van der Waals surface area (Å²) in [6, 6.07) is 0. The van der Waals surface area contributed by atoms with Crippen LogP contribution in [0.3, 0.4) is 0 Å². The zero-order valence-electron chi connectivity index (χ0n) is 68.0. The number of phosphoric ester groups is 2. The molecule has 0 rings (SSSR count). The first-order valence-electron chi connectivity index (χ1n) is 43.2. The number of phosphoric acid groups is 2. The Bertz CT molecular complexity index is 2010. The minimum atomic E-state index is -4.96. The van der Waals surface area contributed by atoms with Crippen LogP contribution in [0.5, 0.6) is 0 Å². The molecule has 0 aliphatic carbocycles. The van der Waals surface area contributed by atoms with E-state index in [1.165, 1.54) is 231 Å². The molecular weight excluding hydrogens is 1340 g/mol. The summed E-state index contributed by atoms with van der Waals surface area (Å²) >= 11 is 0. The summed E-state index contributed by atoms with van der Waals surface area (Å²) in [5.41, 5.74) is 0. The Morgan fingerprint density at radius 3 is 0.689 bits per heavy atom. The molecule has 0 radical (unpaired) electrons. The lowest BCUT2D eigenvalue weighted by Crippen LogP contribution is -2.30. The lowest BCUT2D eigenvalue weighted by molar-refractivity contribution is -0.161. The van der Waals surface area contributed by atoms with Crippen LogP contribution in [0.25, 0.3) is 0 Å². The highest BCUT2D eigenvalue weighted by atomic mass is 31.2. The molecule has 0 aliphatic heterocycles. The van der Waals surface area contributed by atoms with Gasteiger partial charge in [0, 0.05) is 25.7 Å². The van der Waals surface area contributed by atoms with Crippen molar-refractivity contribution in [3.05, 3.63) is 0 Å². The van der Waals surface area contributed by atoms with Gasteiger partial charge in [-0.05, 0) is 49.4 Å². The highest BCUT2D eigenvalue weighted by Crippen LogP contribution is 2.45. The molecule has 0 aromatic carbocycles. The number of hydrogen-bond acceptors (Lipinski definition) is 15. The number of esters is 4. The van der Waals surface area contributed by atoms with Crippen molar-refractivity contribution in [1.29, 1.82) is 0 Å². The molecule has 19 heteroatoms. The minimum absolute atomic E-state index is 0.107. The third kappa shape index (κ3) is 76.6. The molecule has 0 aromatic rings. The van der Waals surface area contributed by atoms with E-state index in [1.807, 2.05) is 0 Å². The number of ether oxygens (including phenoxy) is 4. The molecule has 0 saturated carbocycles. The van der Waals surface area contributed by atoms with Crippen molar-refractivity contribution in [2.24, 2.45) is 23.7 Å². The van der Waals surface area contributed by atoms with Gasteiger partial charge < -0.3 is 33.8 Å². The van der Waals surface area contributed by atoms with E-state index in [2.05, 4.69) is 55.4 Å². The second-order valence-electron chi connectivity index (χ2n) is 31.9. The Kier molecular flexibility index (Phi) is 71.5. The maximum absolute atomic E-state index is 13.1. The van der Waals surface area contributed by atoms with Gasteiger partial charge in [-0.3, -0.25) is 37.3 Å². The monoisotopic (exact) mass is 1510 g/mol. The first-order valence-corrected chi connectivity index (χ1v) is 46.2. The Balaban J connectivity index is 5.17. The van der Waals surface area contributed by atoms with Crippen molar-refractivity contribution >= 4 is 39.5 Å². The van der Waals surface area contributed by atoms with Crippen molar-refractivity contribution in [2.45, 2.75) is 453 Å². The molecule has 0 aliphatic rings. The first-order chi connectivity index (χ1) is 49.6. The second-order valence-corrected chi connectivity index (χ2v) is 34.8. The Hall–Kier alpha value is -1.94. The smallest absolute Gasteiger partial charge is 0.462 e. The van der Waals surface area contributed by atoms with Crippen molar-refractivity contribution in [3.63, 3.8) is 0 Å². The number of aliphatic hydroxyl groups is 1. The van der Waals surface area contributed by atoms with Crippen molar-refractivity contribution < 1.29 is 80.2 Å². The fourth-order valence-electron chi connectivity index (χ4n) is 12.9. The molecule has 0 saturated heterocycles. The summed E-state index contributed by atoms with van der Waals surface area (Å²) in [7, 11) is -9.92. The van der Waals surface area contributed by atoms with Gasteiger partial charge in [-0.15, -0.1) is 0 Å². The van der Waals surface area contributed by atoms with E-state index in [4.69, 9.17) is 37.0 Å². The summed E-state index contributed by atoms with van der Waals surface area (Å²) in [6.45, 7) is 14.3. The van der Waals surface area contributed by atoms with Crippen molar-refractivity contribution in [3.8, 4) is 0 Å². The molecule has 3 unspecified atom stereocenters. The lowest BCUT2D eigenvalue weighted by atomic mass is 9.99. The van der Waals surface area contributed by atoms with Gasteiger partial charge in [0.25, 0.3) is 0 Å². The summed E-state index contributed by atoms with van der Waals surface area (Å²) in [5, 5.41) is 10.7. The van der Waals surface area contributed by atoms with Gasteiger partial charge in [0.2, 0.25) is 0 Å². The maximum atomic E-state index is 13.1. The normalized spacial score (nSPS) is 14.2. The number of carbonyl (C=O) groups is 4. The molecular formula is C84H164O17P2. The molecule has 0 aromatic heterocycles. The van der Waals surface area contributed by atoms with E-state index < -0.39 is 97.5 Å². The molecule has 612 valence electrons. The average molecular weight is 1510 g/mol. The summed E-state index contributed by atoms with van der Waals surface area (Å²) in [4.78, 5) is 73.1. The van der Waals surface area contributed by atoms with Gasteiger partial charge in [-0.1, -0.05) is 383 Å². The summed E-state index contributed by atoms with van der Waals surface area (Å²) < 4.78 is 68.8. The van der Waals surface area contributed by atoms with Crippen LogP contribution in [0.15, 0.2) is 0 Å². The number of aliphatic hydroxyl groups excluding tert-OH is 1. The molecule has 17 nitrogen and oxygen atoms in total. The second kappa shape index (κ2) is 72.9. The fourth-order valence-corrected chi connectivity index (χ4v) is 14.5. The van der Waals surface area contributed by atoms with Crippen LogP contribution in [0, 0.1) is 23.7 Å². The molecule has 103 heavy (non-hydrogen) atoms. The maximum Gasteiger partial charge on any atom is 0.472 e. The SMILES string of the molecule is CCC(C)CCCCCCCCCCCCCCCCCCCCC(=O)O[C@H](COC(=O)CCCCCCCCC(C)C)COP(=O)(O)OC[C@H](O)COP(=O)(O)OC[C@@H](COC(=O)CCCCCCCCCCCCC(C)C)OC(=O)CCCCCCCCCCCCCCCCCCC(C)C. The Morgan fingerprint density at radius 1 is 0.272 bits per heavy atom. The van der Waals surface area contributed by atoms with Gasteiger partial charge >= 0.3 is 39.5 Å². The molecule has 0 bridgehead atoms. The van der Waals surface area contributed by atoms with E-state index >= 15 is 0 Å². The first kappa shape index (κ1) is 101. The fraction of sp³-hybridized carbons (Fsp3) is 0.952. The van der Waals surface area contributed by atoms with Crippen molar-refractivity contribution in [2.75, 3.05) is 39.6 Å². The number of hydrogen-bond donors (Lipinski definition) is 3. The summed E-state index contributed by atoms with van der Waals surface area (Å²) in [6.07, 6.45) is 61.3. The van der Waals surface area contributed by atoms with E-state index in [9.17, 15) is 43.2 Å². The third-order valence-electron chi connectivity index (χ3n) is 19.9. The largest absolute Gasteiger partial charge is 0.472 e. The number of rotatable bonds is 81. The van der Waals surface area contributed by atoms with Gasteiger partial charge in [-0.25, -0.2) is 9.13 Å². The number of unbranched alkanes of at least 4 members (excludes halogenated alkanes) is 46. The molecule has 0 fully saturated rings. The molecule has 0 amide bonds. The van der Waals surface area contributed by atoms with Crippen LogP contribution in [-0.2, 0) is 65.4 Å². The number of carbonyl (C=O) groups excluding carboxylic acids is 4. The van der Waals surface area contributed by atoms with Gasteiger partial charge in [0.05, 0.1) is 26.4 Å². The van der Waals surface area contributed by atoms with Crippen molar-refractivity contribution in [1.82, 2.24) is 0 Å². The van der Waals surface area contributed by atoms with Gasteiger partial charge in [-0.2, -0.15) is 0 Å². The van der Waals surface area contributed by atoms with Crippen LogP contribution >= 0.6 is 15.6 Å². The highest BCUT2D eigenvalue weighted by Gasteiger charge is 2.30. The Morgan fingerprint density at radius 2 is 0.466 bits per heavy atom. The van der Waals surface area contributed by atoms with E-state index in [0.29, 0.717) is 31.6 Å². The van der Waals surface area contributed by atoms with E-state index in [0.717, 1.165) is 114 Å². The van der Waals surface area contributed by atoms with Crippen LogP contribution in [0.4, 0.5) is 0 Å². The van der Waals surface area contributed by atoms with Crippen LogP contribution < -0.4 is 0 Å². The average Bonchev–Trinajstić information content (AvgIpc) is 0.927. The Labute approximate surface area is 632 Å². The lowest BCUT2D eigenvalue weighted by Gasteiger charge is -2.21. The zero-order chi connectivity index (χ0) is 76.0. The summed E-state index contributed by atoms with van der Waals surface area (Å²) in [5.74, 6) is 1.00. The van der Waals surface area contributed by atoms with Crippen LogP contribution in [-0.4, -0.2) is 96.7 Å². The highest BCUT2D eigenvalue weighted by molar-refractivity contribution is 7.47. The zero-order valence-corrected chi connectivity index (χ0v) is 69.7. The quantitative estimate of drug-likeness (QED) is 0.0222. The van der Waals surface area contributed by atoms with Crippen LogP contribution in [0.2, 0.25) is 0 Å².